The molecule has 0 radical (unpaired) electrons. The topological polar surface area (TPSA) is 22.3 Å². The number of alkyl halides is 3. The predicted molar refractivity (Wildman–Crippen MR) is 76.7 cm³/mol. The van der Waals surface area contributed by atoms with E-state index in [1.165, 1.54) is 6.07 Å². The van der Waals surface area contributed by atoms with Crippen LogP contribution in [0.4, 0.5) is 24.5 Å². The molecule has 3 nitrogen and oxygen atoms in total. The van der Waals surface area contributed by atoms with Gasteiger partial charge in [0.2, 0.25) is 0 Å². The molecule has 0 atom stereocenters. The van der Waals surface area contributed by atoms with E-state index in [1.807, 2.05) is 23.4 Å². The van der Waals surface area contributed by atoms with E-state index in [2.05, 4.69) is 9.88 Å². The van der Waals surface area contributed by atoms with Gasteiger partial charge >= 0.3 is 6.18 Å². The molecule has 0 unspecified atom stereocenters. The zero-order valence-electron chi connectivity index (χ0n) is 11.4. The second kappa shape index (κ2) is 5.35. The Labute approximate surface area is 121 Å². The molecule has 0 spiro atoms. The monoisotopic (exact) mass is 295 g/mol. The molecule has 2 heterocycles. The second-order valence-corrected chi connectivity index (χ2v) is 5.06. The van der Waals surface area contributed by atoms with Crippen molar-refractivity contribution >= 4 is 11.4 Å². The summed E-state index contributed by atoms with van der Waals surface area (Å²) in [5.74, 6) is 0. The normalized spacial score (nSPS) is 16.3. The third-order valence-corrected chi connectivity index (χ3v) is 3.78. The highest BCUT2D eigenvalue weighted by molar-refractivity contribution is 5.57. The Balaban J connectivity index is 1.76. The van der Waals surface area contributed by atoms with Crippen molar-refractivity contribution in [2.24, 2.45) is 0 Å². The minimum atomic E-state index is -4.31. The number of H-pyrrole nitrogens is 1. The quantitative estimate of drug-likeness (QED) is 0.918. The molecule has 1 saturated heterocycles. The van der Waals surface area contributed by atoms with Crippen molar-refractivity contribution in [3.05, 3.63) is 48.3 Å². The lowest BCUT2D eigenvalue weighted by molar-refractivity contribution is -0.137. The lowest BCUT2D eigenvalue weighted by atomic mass is 10.1. The fourth-order valence-electron chi connectivity index (χ4n) is 2.71. The van der Waals surface area contributed by atoms with Gasteiger partial charge in [0.25, 0.3) is 0 Å². The van der Waals surface area contributed by atoms with Crippen molar-refractivity contribution in [3.63, 3.8) is 0 Å². The number of aromatic nitrogens is 1. The first-order valence-corrected chi connectivity index (χ1v) is 6.84. The number of piperazine rings is 1. The van der Waals surface area contributed by atoms with Crippen LogP contribution in [0, 0.1) is 0 Å². The van der Waals surface area contributed by atoms with Gasteiger partial charge in [-0.05, 0) is 18.2 Å². The summed E-state index contributed by atoms with van der Waals surface area (Å²) in [6.07, 6.45) is -0.561. The van der Waals surface area contributed by atoms with E-state index >= 15 is 0 Å². The molecule has 1 aliphatic heterocycles. The van der Waals surface area contributed by atoms with Gasteiger partial charge in [0, 0.05) is 44.3 Å². The fourth-order valence-corrected chi connectivity index (χ4v) is 2.71. The highest BCUT2D eigenvalue weighted by Crippen LogP contribution is 2.36. The molecule has 0 saturated carbocycles. The van der Waals surface area contributed by atoms with E-state index in [-0.39, 0.29) is 5.69 Å². The molecule has 1 fully saturated rings. The fraction of sp³-hybridized carbons (Fsp3) is 0.333. The average Bonchev–Trinajstić information content (AvgIpc) is 3.01. The van der Waals surface area contributed by atoms with Crippen LogP contribution >= 0.6 is 0 Å². The smallest absolute Gasteiger partial charge is 0.367 e. The van der Waals surface area contributed by atoms with Crippen LogP contribution in [0.3, 0.4) is 0 Å². The summed E-state index contributed by atoms with van der Waals surface area (Å²) >= 11 is 0. The second-order valence-electron chi connectivity index (χ2n) is 5.06. The van der Waals surface area contributed by atoms with Crippen LogP contribution in [0.25, 0.3) is 0 Å². The van der Waals surface area contributed by atoms with E-state index in [0.29, 0.717) is 26.2 Å². The summed E-state index contributed by atoms with van der Waals surface area (Å²) in [6, 6.07) is 7.76. The summed E-state index contributed by atoms with van der Waals surface area (Å²) < 4.78 is 39.2. The van der Waals surface area contributed by atoms with Crippen molar-refractivity contribution in [1.29, 1.82) is 0 Å². The largest absolute Gasteiger partial charge is 0.418 e. The van der Waals surface area contributed by atoms with Gasteiger partial charge in [-0.25, -0.2) is 0 Å². The lowest BCUT2D eigenvalue weighted by Crippen LogP contribution is -2.47. The number of para-hydroxylation sites is 1. The van der Waals surface area contributed by atoms with Crippen LogP contribution < -0.4 is 9.80 Å². The molecule has 1 aromatic heterocycles. The number of hydrogen-bond acceptors (Lipinski definition) is 2. The third kappa shape index (κ3) is 2.84. The standard InChI is InChI=1S/C15H16F3N3/c16-15(17,18)13-3-1-2-4-14(13)21-9-7-20(8-10-21)12-5-6-19-11-12/h1-6,11,19H,7-10H2. The van der Waals surface area contributed by atoms with Crippen molar-refractivity contribution in [2.75, 3.05) is 36.0 Å². The summed E-state index contributed by atoms with van der Waals surface area (Å²) in [4.78, 5) is 6.98. The number of nitrogens with zero attached hydrogens (tertiary/aromatic N) is 2. The first-order valence-electron chi connectivity index (χ1n) is 6.84. The van der Waals surface area contributed by atoms with Crippen molar-refractivity contribution in [2.45, 2.75) is 6.18 Å². The molecule has 112 valence electrons. The number of hydrogen-bond donors (Lipinski definition) is 1. The van der Waals surface area contributed by atoms with Crippen LogP contribution in [0.5, 0.6) is 0 Å². The van der Waals surface area contributed by atoms with Gasteiger partial charge < -0.3 is 14.8 Å². The maximum atomic E-state index is 13.1. The Bertz CT molecular complexity index is 584. The number of rotatable bonds is 2. The first-order chi connectivity index (χ1) is 10.1. The highest BCUT2D eigenvalue weighted by atomic mass is 19.4. The Morgan fingerprint density at radius 1 is 0.905 bits per heavy atom. The molecule has 6 heteroatoms. The molecular formula is C15H16F3N3. The van der Waals surface area contributed by atoms with Crippen LogP contribution in [-0.4, -0.2) is 31.2 Å². The van der Waals surface area contributed by atoms with Gasteiger partial charge in [-0.2, -0.15) is 13.2 Å². The molecule has 1 aliphatic rings. The molecule has 3 rings (SSSR count). The zero-order chi connectivity index (χ0) is 14.9. The van der Waals surface area contributed by atoms with E-state index in [0.717, 1.165) is 11.8 Å². The van der Waals surface area contributed by atoms with Crippen molar-refractivity contribution in [1.82, 2.24) is 4.98 Å². The molecule has 1 aromatic carbocycles. The lowest BCUT2D eigenvalue weighted by Gasteiger charge is -2.37. The zero-order valence-corrected chi connectivity index (χ0v) is 11.4. The van der Waals surface area contributed by atoms with Crippen LogP contribution in [-0.2, 0) is 6.18 Å². The summed E-state index contributed by atoms with van der Waals surface area (Å²) in [6.45, 7) is 2.59. The number of nitrogens with one attached hydrogen (secondary N) is 1. The van der Waals surface area contributed by atoms with E-state index in [1.54, 1.807) is 12.1 Å². The van der Waals surface area contributed by atoms with Crippen molar-refractivity contribution < 1.29 is 13.2 Å². The minimum Gasteiger partial charge on any atom is -0.367 e. The third-order valence-electron chi connectivity index (χ3n) is 3.78. The van der Waals surface area contributed by atoms with Crippen LogP contribution in [0.1, 0.15) is 5.56 Å². The Hall–Kier alpha value is -2.11. The molecule has 0 amide bonds. The van der Waals surface area contributed by atoms with E-state index in [9.17, 15) is 13.2 Å². The van der Waals surface area contributed by atoms with Crippen LogP contribution in [0.2, 0.25) is 0 Å². The SMILES string of the molecule is FC(F)(F)c1ccccc1N1CCN(c2cc[nH]c2)CC1. The molecular weight excluding hydrogens is 279 g/mol. The van der Waals surface area contributed by atoms with Gasteiger partial charge in [0.15, 0.2) is 0 Å². The van der Waals surface area contributed by atoms with E-state index in [4.69, 9.17) is 0 Å². The average molecular weight is 295 g/mol. The van der Waals surface area contributed by atoms with Gasteiger partial charge in [0.05, 0.1) is 11.3 Å². The number of halogens is 3. The molecule has 2 aromatic rings. The van der Waals surface area contributed by atoms with Gasteiger partial charge in [-0.3, -0.25) is 0 Å². The van der Waals surface area contributed by atoms with Gasteiger partial charge in [-0.1, -0.05) is 12.1 Å². The predicted octanol–water partition coefficient (Wildman–Crippen LogP) is 3.36. The van der Waals surface area contributed by atoms with Crippen molar-refractivity contribution in [3.8, 4) is 0 Å². The minimum absolute atomic E-state index is 0.277. The summed E-state index contributed by atoms with van der Waals surface area (Å²) in [7, 11) is 0. The highest BCUT2D eigenvalue weighted by Gasteiger charge is 2.35. The summed E-state index contributed by atoms with van der Waals surface area (Å²) in [5.41, 5.74) is 0.803. The maximum Gasteiger partial charge on any atom is 0.418 e. The van der Waals surface area contributed by atoms with Gasteiger partial charge in [-0.15, -0.1) is 0 Å². The molecule has 0 bridgehead atoms. The Morgan fingerprint density at radius 2 is 1.57 bits per heavy atom. The maximum absolute atomic E-state index is 13.1. The number of anilines is 2. The van der Waals surface area contributed by atoms with Gasteiger partial charge in [0.1, 0.15) is 0 Å². The first kappa shape index (κ1) is 13.9. The van der Waals surface area contributed by atoms with E-state index < -0.39 is 11.7 Å². The Morgan fingerprint density at radius 3 is 2.19 bits per heavy atom. The Kier molecular flexibility index (Phi) is 3.53. The molecule has 0 aliphatic carbocycles. The molecule has 21 heavy (non-hydrogen) atoms. The number of aromatic amines is 1. The van der Waals surface area contributed by atoms with Crippen LogP contribution in [0.15, 0.2) is 42.7 Å². The summed E-state index contributed by atoms with van der Waals surface area (Å²) in [5, 5.41) is 0. The molecule has 1 N–H and O–H groups in total. The number of benzene rings is 1.